The minimum atomic E-state index is 0.279. The Kier molecular flexibility index (Phi) is 6.90. The van der Waals surface area contributed by atoms with Crippen LogP contribution in [-0.2, 0) is 11.2 Å². The van der Waals surface area contributed by atoms with Gasteiger partial charge in [0.15, 0.2) is 0 Å². The van der Waals surface area contributed by atoms with Crippen molar-refractivity contribution >= 4 is 0 Å². The van der Waals surface area contributed by atoms with Gasteiger partial charge in [-0.2, -0.15) is 0 Å². The van der Waals surface area contributed by atoms with Gasteiger partial charge in [0.05, 0.1) is 0 Å². The Bertz CT molecular complexity index is 310. The van der Waals surface area contributed by atoms with Crippen molar-refractivity contribution in [1.29, 1.82) is 0 Å². The van der Waals surface area contributed by atoms with Gasteiger partial charge in [-0.3, -0.25) is 0 Å². The SMILES string of the molecule is COCCCCC(CO)Cc1cccc(C)c1. The predicted molar refractivity (Wildman–Crippen MR) is 71.2 cm³/mol. The Morgan fingerprint density at radius 1 is 1.29 bits per heavy atom. The number of aliphatic hydroxyl groups is 1. The minimum Gasteiger partial charge on any atom is -0.396 e. The lowest BCUT2D eigenvalue weighted by Gasteiger charge is -2.14. The Balaban J connectivity index is 2.35. The van der Waals surface area contributed by atoms with Crippen molar-refractivity contribution in [2.24, 2.45) is 5.92 Å². The van der Waals surface area contributed by atoms with E-state index in [1.807, 2.05) is 0 Å². The lowest BCUT2D eigenvalue weighted by atomic mass is 9.94. The predicted octanol–water partition coefficient (Wildman–Crippen LogP) is 2.96. The second-order valence-electron chi connectivity index (χ2n) is 4.73. The lowest BCUT2D eigenvalue weighted by molar-refractivity contribution is 0.181. The highest BCUT2D eigenvalue weighted by Crippen LogP contribution is 2.16. The smallest absolute Gasteiger partial charge is 0.0462 e. The monoisotopic (exact) mass is 236 g/mol. The third kappa shape index (κ3) is 5.85. The molecule has 1 aromatic rings. The molecule has 0 fully saturated rings. The number of unbranched alkanes of at least 4 members (excludes halogenated alkanes) is 1. The van der Waals surface area contributed by atoms with Gasteiger partial charge in [0, 0.05) is 20.3 Å². The van der Waals surface area contributed by atoms with Crippen LogP contribution in [0.1, 0.15) is 30.4 Å². The molecule has 0 saturated heterocycles. The first-order chi connectivity index (χ1) is 8.26. The molecule has 2 nitrogen and oxygen atoms in total. The first-order valence-electron chi connectivity index (χ1n) is 6.41. The number of hydrogen-bond acceptors (Lipinski definition) is 2. The molecular weight excluding hydrogens is 212 g/mol. The zero-order valence-electron chi connectivity index (χ0n) is 11.0. The summed E-state index contributed by atoms with van der Waals surface area (Å²) in [5.74, 6) is 0.383. The number of aliphatic hydroxyl groups excluding tert-OH is 1. The molecule has 96 valence electrons. The second-order valence-corrected chi connectivity index (χ2v) is 4.73. The van der Waals surface area contributed by atoms with Crippen LogP contribution >= 0.6 is 0 Å². The van der Waals surface area contributed by atoms with E-state index in [1.165, 1.54) is 11.1 Å². The van der Waals surface area contributed by atoms with Crippen molar-refractivity contribution in [3.63, 3.8) is 0 Å². The van der Waals surface area contributed by atoms with Gasteiger partial charge in [-0.05, 0) is 37.7 Å². The van der Waals surface area contributed by atoms with E-state index >= 15 is 0 Å². The molecule has 0 heterocycles. The van der Waals surface area contributed by atoms with Crippen LogP contribution in [-0.4, -0.2) is 25.4 Å². The van der Waals surface area contributed by atoms with Gasteiger partial charge in [-0.15, -0.1) is 0 Å². The van der Waals surface area contributed by atoms with Crippen molar-refractivity contribution in [1.82, 2.24) is 0 Å². The highest BCUT2D eigenvalue weighted by atomic mass is 16.5. The van der Waals surface area contributed by atoms with E-state index in [0.717, 1.165) is 32.3 Å². The number of hydrogen-bond donors (Lipinski definition) is 1. The van der Waals surface area contributed by atoms with Gasteiger partial charge in [-0.1, -0.05) is 36.2 Å². The molecule has 0 amide bonds. The zero-order chi connectivity index (χ0) is 12.5. The molecule has 0 spiro atoms. The van der Waals surface area contributed by atoms with Crippen LogP contribution in [0.4, 0.5) is 0 Å². The molecular formula is C15H24O2. The van der Waals surface area contributed by atoms with E-state index in [0.29, 0.717) is 5.92 Å². The standard InChI is InChI=1S/C15H24O2/c1-13-6-5-8-14(10-13)11-15(12-16)7-3-4-9-17-2/h5-6,8,10,15-16H,3-4,7,9,11-12H2,1-2H3. The molecule has 2 heteroatoms. The quantitative estimate of drug-likeness (QED) is 0.703. The van der Waals surface area contributed by atoms with Gasteiger partial charge in [0.1, 0.15) is 0 Å². The third-order valence-corrected chi connectivity index (χ3v) is 3.08. The molecule has 1 unspecified atom stereocenters. The van der Waals surface area contributed by atoms with Crippen LogP contribution < -0.4 is 0 Å². The number of benzene rings is 1. The van der Waals surface area contributed by atoms with E-state index in [9.17, 15) is 5.11 Å². The van der Waals surface area contributed by atoms with Crippen molar-refractivity contribution < 1.29 is 9.84 Å². The molecule has 1 rings (SSSR count). The van der Waals surface area contributed by atoms with Gasteiger partial charge in [0.2, 0.25) is 0 Å². The fourth-order valence-electron chi connectivity index (χ4n) is 2.11. The van der Waals surface area contributed by atoms with Gasteiger partial charge in [0.25, 0.3) is 0 Å². The highest BCUT2D eigenvalue weighted by Gasteiger charge is 2.08. The van der Waals surface area contributed by atoms with Crippen LogP contribution in [0.25, 0.3) is 0 Å². The maximum absolute atomic E-state index is 9.38. The minimum absolute atomic E-state index is 0.279. The molecule has 0 radical (unpaired) electrons. The summed E-state index contributed by atoms with van der Waals surface area (Å²) in [6, 6.07) is 8.54. The molecule has 17 heavy (non-hydrogen) atoms. The van der Waals surface area contributed by atoms with E-state index in [1.54, 1.807) is 7.11 Å². The number of rotatable bonds is 8. The highest BCUT2D eigenvalue weighted by molar-refractivity contribution is 5.22. The molecule has 0 aliphatic heterocycles. The Labute approximate surface area is 105 Å². The van der Waals surface area contributed by atoms with E-state index in [-0.39, 0.29) is 6.61 Å². The number of ether oxygens (including phenoxy) is 1. The number of methoxy groups -OCH3 is 1. The molecule has 0 saturated carbocycles. The fourth-order valence-corrected chi connectivity index (χ4v) is 2.11. The third-order valence-electron chi connectivity index (χ3n) is 3.08. The van der Waals surface area contributed by atoms with Crippen LogP contribution in [0.5, 0.6) is 0 Å². The summed E-state index contributed by atoms with van der Waals surface area (Å²) in [5.41, 5.74) is 2.62. The van der Waals surface area contributed by atoms with Crippen LogP contribution in [0.3, 0.4) is 0 Å². The lowest BCUT2D eigenvalue weighted by Crippen LogP contribution is -2.10. The average Bonchev–Trinajstić information content (AvgIpc) is 2.33. The molecule has 1 aromatic carbocycles. The molecule has 0 bridgehead atoms. The second kappa shape index (κ2) is 8.26. The maximum Gasteiger partial charge on any atom is 0.0462 e. The van der Waals surface area contributed by atoms with Crippen LogP contribution in [0, 0.1) is 12.8 Å². The first-order valence-corrected chi connectivity index (χ1v) is 6.41. The summed E-state index contributed by atoms with van der Waals surface area (Å²) in [6.45, 7) is 3.21. The maximum atomic E-state index is 9.38. The summed E-state index contributed by atoms with van der Waals surface area (Å²) >= 11 is 0. The van der Waals surface area contributed by atoms with Gasteiger partial charge >= 0.3 is 0 Å². The summed E-state index contributed by atoms with van der Waals surface area (Å²) < 4.78 is 5.03. The largest absolute Gasteiger partial charge is 0.396 e. The topological polar surface area (TPSA) is 29.5 Å². The van der Waals surface area contributed by atoms with Crippen LogP contribution in [0.2, 0.25) is 0 Å². The van der Waals surface area contributed by atoms with Crippen molar-refractivity contribution in [3.05, 3.63) is 35.4 Å². The van der Waals surface area contributed by atoms with Crippen molar-refractivity contribution in [2.45, 2.75) is 32.6 Å². The molecule has 1 N–H and O–H groups in total. The summed E-state index contributed by atoms with van der Waals surface area (Å²) in [7, 11) is 1.73. The van der Waals surface area contributed by atoms with E-state index in [2.05, 4.69) is 31.2 Å². The normalized spacial score (nSPS) is 12.6. The Morgan fingerprint density at radius 2 is 2.12 bits per heavy atom. The van der Waals surface area contributed by atoms with Crippen LogP contribution in [0.15, 0.2) is 24.3 Å². The molecule has 0 aromatic heterocycles. The molecule has 1 atom stereocenters. The van der Waals surface area contributed by atoms with Crippen molar-refractivity contribution in [2.75, 3.05) is 20.3 Å². The molecule has 0 aliphatic carbocycles. The van der Waals surface area contributed by atoms with E-state index < -0.39 is 0 Å². The Morgan fingerprint density at radius 3 is 2.76 bits per heavy atom. The number of aryl methyl sites for hydroxylation is 1. The summed E-state index contributed by atoms with van der Waals surface area (Å²) in [6.07, 6.45) is 4.27. The average molecular weight is 236 g/mol. The summed E-state index contributed by atoms with van der Waals surface area (Å²) in [5, 5.41) is 9.38. The molecule has 0 aliphatic rings. The summed E-state index contributed by atoms with van der Waals surface area (Å²) in [4.78, 5) is 0. The van der Waals surface area contributed by atoms with Crippen molar-refractivity contribution in [3.8, 4) is 0 Å². The van der Waals surface area contributed by atoms with E-state index in [4.69, 9.17) is 4.74 Å². The Hall–Kier alpha value is -0.860. The first kappa shape index (κ1) is 14.2. The fraction of sp³-hybridized carbons (Fsp3) is 0.600. The van der Waals surface area contributed by atoms with Gasteiger partial charge in [-0.25, -0.2) is 0 Å². The zero-order valence-corrected chi connectivity index (χ0v) is 11.0. The van der Waals surface area contributed by atoms with Gasteiger partial charge < -0.3 is 9.84 Å².